The summed E-state index contributed by atoms with van der Waals surface area (Å²) in [7, 11) is 5.39. The van der Waals surface area contributed by atoms with Crippen LogP contribution in [0.25, 0.3) is 9.53 Å². The first kappa shape index (κ1) is 17.6. The number of thiophene rings is 1. The van der Waals surface area contributed by atoms with Crippen LogP contribution in [-0.2, 0) is 14.3 Å². The summed E-state index contributed by atoms with van der Waals surface area (Å²) in [6, 6.07) is 1.62. The lowest BCUT2D eigenvalue weighted by atomic mass is 10.3. The number of hydrogen-bond acceptors (Lipinski definition) is 8. The van der Waals surface area contributed by atoms with E-state index in [1.54, 1.807) is 13.2 Å². The van der Waals surface area contributed by atoms with Crippen LogP contribution in [0.1, 0.15) is 16.6 Å². The van der Waals surface area contributed by atoms with Crippen molar-refractivity contribution in [3.63, 3.8) is 0 Å². The number of nitrogens with one attached hydrogen (secondary N) is 1. The van der Waals surface area contributed by atoms with Crippen LogP contribution in [0.4, 0.5) is 5.13 Å². The van der Waals surface area contributed by atoms with E-state index in [0.717, 1.165) is 14.7 Å². The molecule has 0 bridgehead atoms. The Morgan fingerprint density at radius 2 is 2.13 bits per heavy atom. The Bertz CT molecular complexity index is 664. The molecule has 0 aromatic carbocycles. The molecule has 7 nitrogen and oxygen atoms in total. The Labute approximate surface area is 142 Å². The van der Waals surface area contributed by atoms with Crippen LogP contribution in [-0.4, -0.2) is 57.3 Å². The van der Waals surface area contributed by atoms with Gasteiger partial charge in [-0.2, -0.15) is 0 Å². The monoisotopic (exact) mass is 357 g/mol. The Morgan fingerprint density at radius 3 is 2.74 bits per heavy atom. The number of anilines is 1. The van der Waals surface area contributed by atoms with Gasteiger partial charge in [0.25, 0.3) is 5.91 Å². The predicted molar refractivity (Wildman–Crippen MR) is 91.6 cm³/mol. The normalized spacial score (nSPS) is 12.2. The van der Waals surface area contributed by atoms with Gasteiger partial charge >= 0.3 is 5.97 Å². The van der Waals surface area contributed by atoms with Crippen molar-refractivity contribution in [3.8, 4) is 0 Å². The molecule has 0 spiro atoms. The second-order valence-electron chi connectivity index (χ2n) is 5.17. The standard InChI is InChI=1S/C14H19N3O4S2/c1-8(6-20-4)15-11(18)7-21-13(19)10-5-9-12(22-10)16-14(23-9)17(2)3/h5,8H,6-7H2,1-4H3,(H,15,18)/t8-/m1/s1. The number of carbonyl (C=O) groups excluding carboxylic acids is 2. The molecule has 2 aromatic rings. The van der Waals surface area contributed by atoms with Crippen molar-refractivity contribution in [1.82, 2.24) is 10.3 Å². The van der Waals surface area contributed by atoms with Gasteiger partial charge in [-0.3, -0.25) is 4.79 Å². The molecule has 0 aliphatic rings. The second-order valence-corrected chi connectivity index (χ2v) is 7.21. The summed E-state index contributed by atoms with van der Waals surface area (Å²) in [6.07, 6.45) is 0. The van der Waals surface area contributed by atoms with Gasteiger partial charge in [-0.15, -0.1) is 11.3 Å². The maximum Gasteiger partial charge on any atom is 0.348 e. The summed E-state index contributed by atoms with van der Waals surface area (Å²) in [5.74, 6) is -0.865. The quantitative estimate of drug-likeness (QED) is 0.760. The number of esters is 1. The predicted octanol–water partition coefficient (Wildman–Crippen LogP) is 1.73. The third-order valence-electron chi connectivity index (χ3n) is 2.82. The van der Waals surface area contributed by atoms with Gasteiger partial charge in [0.15, 0.2) is 11.7 Å². The van der Waals surface area contributed by atoms with E-state index in [1.165, 1.54) is 22.7 Å². The van der Waals surface area contributed by atoms with Crippen LogP contribution in [0, 0.1) is 0 Å². The molecule has 126 valence electrons. The third-order valence-corrected chi connectivity index (χ3v) is 5.13. The van der Waals surface area contributed by atoms with Crippen LogP contribution in [0.2, 0.25) is 0 Å². The minimum Gasteiger partial charge on any atom is -0.451 e. The maximum atomic E-state index is 12.0. The fraction of sp³-hybridized carbons (Fsp3) is 0.500. The molecule has 1 amide bonds. The van der Waals surface area contributed by atoms with Crippen molar-refractivity contribution in [2.75, 3.05) is 39.3 Å². The number of thiazole rings is 1. The maximum absolute atomic E-state index is 12.0. The van der Waals surface area contributed by atoms with Crippen molar-refractivity contribution in [2.24, 2.45) is 0 Å². The number of fused-ring (bicyclic) bond motifs is 1. The van der Waals surface area contributed by atoms with Gasteiger partial charge in [-0.05, 0) is 13.0 Å². The number of aromatic nitrogens is 1. The van der Waals surface area contributed by atoms with E-state index in [9.17, 15) is 9.59 Å². The van der Waals surface area contributed by atoms with E-state index in [-0.39, 0.29) is 18.6 Å². The molecule has 9 heteroatoms. The lowest BCUT2D eigenvalue weighted by Crippen LogP contribution is -2.38. The molecule has 2 heterocycles. The van der Waals surface area contributed by atoms with Gasteiger partial charge in [-0.25, -0.2) is 9.78 Å². The minimum absolute atomic E-state index is 0.132. The summed E-state index contributed by atoms with van der Waals surface area (Å²) in [5, 5.41) is 3.56. The Morgan fingerprint density at radius 1 is 1.39 bits per heavy atom. The molecule has 1 N–H and O–H groups in total. The number of hydrogen-bond donors (Lipinski definition) is 1. The van der Waals surface area contributed by atoms with Crippen molar-refractivity contribution in [3.05, 3.63) is 10.9 Å². The Kier molecular flexibility index (Phi) is 5.91. The molecule has 0 radical (unpaired) electrons. The smallest absolute Gasteiger partial charge is 0.348 e. The molecule has 23 heavy (non-hydrogen) atoms. The van der Waals surface area contributed by atoms with Crippen molar-refractivity contribution in [2.45, 2.75) is 13.0 Å². The van der Waals surface area contributed by atoms with Gasteiger partial charge in [0.2, 0.25) is 0 Å². The summed E-state index contributed by atoms with van der Waals surface area (Å²) >= 11 is 2.77. The lowest BCUT2D eigenvalue weighted by Gasteiger charge is -2.12. The largest absolute Gasteiger partial charge is 0.451 e. The zero-order valence-corrected chi connectivity index (χ0v) is 15.0. The molecule has 0 unspecified atom stereocenters. The number of carbonyl (C=O) groups is 2. The minimum atomic E-state index is -0.513. The summed E-state index contributed by atoms with van der Waals surface area (Å²) in [6.45, 7) is 1.90. The van der Waals surface area contributed by atoms with Crippen molar-refractivity contribution >= 4 is 49.2 Å². The third kappa shape index (κ3) is 4.63. The second kappa shape index (κ2) is 7.71. The fourth-order valence-corrected chi connectivity index (χ4v) is 3.85. The zero-order chi connectivity index (χ0) is 17.0. The van der Waals surface area contributed by atoms with Gasteiger partial charge < -0.3 is 19.7 Å². The Balaban J connectivity index is 1.90. The number of rotatable bonds is 7. The van der Waals surface area contributed by atoms with Crippen LogP contribution < -0.4 is 10.2 Å². The van der Waals surface area contributed by atoms with Gasteiger partial charge in [-0.1, -0.05) is 11.3 Å². The van der Waals surface area contributed by atoms with Gasteiger partial charge in [0.1, 0.15) is 9.71 Å². The van der Waals surface area contributed by atoms with E-state index in [4.69, 9.17) is 9.47 Å². The fourth-order valence-electron chi connectivity index (χ4n) is 1.83. The van der Waals surface area contributed by atoms with Crippen LogP contribution in [0.5, 0.6) is 0 Å². The van der Waals surface area contributed by atoms with Crippen LogP contribution >= 0.6 is 22.7 Å². The van der Waals surface area contributed by atoms with E-state index in [1.807, 2.05) is 25.9 Å². The zero-order valence-electron chi connectivity index (χ0n) is 13.4. The van der Waals surface area contributed by atoms with E-state index >= 15 is 0 Å². The number of ether oxygens (including phenoxy) is 2. The van der Waals surface area contributed by atoms with Crippen LogP contribution in [0.3, 0.4) is 0 Å². The molecule has 1 atom stereocenters. The number of methoxy groups -OCH3 is 1. The average Bonchev–Trinajstić information content (AvgIpc) is 3.03. The van der Waals surface area contributed by atoms with E-state index in [2.05, 4.69) is 10.3 Å². The average molecular weight is 357 g/mol. The molecule has 0 aliphatic carbocycles. The highest BCUT2D eigenvalue weighted by Crippen LogP contribution is 2.34. The molecule has 0 saturated heterocycles. The highest BCUT2D eigenvalue weighted by molar-refractivity contribution is 7.29. The Hall–Kier alpha value is -1.71. The first-order chi connectivity index (χ1) is 10.9. The molecular formula is C14H19N3O4S2. The summed E-state index contributed by atoms with van der Waals surface area (Å²) in [4.78, 5) is 31.2. The van der Waals surface area contributed by atoms with Gasteiger partial charge in [0.05, 0.1) is 11.3 Å². The van der Waals surface area contributed by atoms with Gasteiger partial charge in [0, 0.05) is 27.2 Å². The first-order valence-electron chi connectivity index (χ1n) is 6.93. The first-order valence-corrected chi connectivity index (χ1v) is 8.57. The van der Waals surface area contributed by atoms with Crippen molar-refractivity contribution in [1.29, 1.82) is 0 Å². The highest BCUT2D eigenvalue weighted by atomic mass is 32.1. The summed E-state index contributed by atoms with van der Waals surface area (Å²) < 4.78 is 10.9. The topological polar surface area (TPSA) is 80.8 Å². The molecule has 2 rings (SSSR count). The molecule has 0 fully saturated rings. The molecule has 0 aliphatic heterocycles. The SMILES string of the molecule is COC[C@@H](C)NC(=O)COC(=O)c1cc2sc(N(C)C)nc2s1. The lowest BCUT2D eigenvalue weighted by molar-refractivity contribution is -0.125. The van der Waals surface area contributed by atoms with Crippen LogP contribution in [0.15, 0.2) is 6.07 Å². The summed E-state index contributed by atoms with van der Waals surface area (Å²) in [5.41, 5.74) is 0. The number of amides is 1. The molecule has 2 aromatic heterocycles. The van der Waals surface area contributed by atoms with E-state index < -0.39 is 5.97 Å². The number of nitrogens with zero attached hydrogens (tertiary/aromatic N) is 2. The van der Waals surface area contributed by atoms with Crippen molar-refractivity contribution < 1.29 is 19.1 Å². The molecular weight excluding hydrogens is 338 g/mol. The molecule has 0 saturated carbocycles. The highest BCUT2D eigenvalue weighted by Gasteiger charge is 2.17. The van der Waals surface area contributed by atoms with E-state index in [0.29, 0.717) is 11.5 Å².